The highest BCUT2D eigenvalue weighted by Crippen LogP contribution is 2.38. The molecule has 0 unspecified atom stereocenters. The molecule has 0 N–H and O–H groups in total. The van der Waals surface area contributed by atoms with E-state index in [1.165, 1.54) is 13.0 Å². The molecule has 0 saturated heterocycles. The topological polar surface area (TPSA) is 105 Å². The second-order valence-corrected chi connectivity index (χ2v) is 9.74. The fourth-order valence-electron chi connectivity index (χ4n) is 3.49. The van der Waals surface area contributed by atoms with Crippen LogP contribution in [0.1, 0.15) is 38.8 Å². The highest BCUT2D eigenvalue weighted by molar-refractivity contribution is 5.92. The van der Waals surface area contributed by atoms with E-state index in [1.54, 1.807) is 99.7 Å². The van der Waals surface area contributed by atoms with Crippen molar-refractivity contribution in [2.45, 2.75) is 27.7 Å². The summed E-state index contributed by atoms with van der Waals surface area (Å²) in [5.41, 5.74) is 2.91. The zero-order chi connectivity index (χ0) is 32.4. The van der Waals surface area contributed by atoms with Crippen LogP contribution in [0.4, 0.5) is 0 Å². The first-order chi connectivity index (χ1) is 20.9. The summed E-state index contributed by atoms with van der Waals surface area (Å²) in [5.74, 6) is -1.32. The molecule has 3 rings (SSSR count). The Bertz CT molecular complexity index is 1690. The van der Waals surface area contributed by atoms with Gasteiger partial charge in [-0.25, -0.2) is 19.2 Å². The molecule has 0 spiro atoms. The fraction of sp³-hybridized carbons (Fsp3) is 0.111. The van der Waals surface area contributed by atoms with E-state index < -0.39 is 23.9 Å². The Balaban J connectivity index is 2.08. The van der Waals surface area contributed by atoms with Crippen molar-refractivity contribution in [3.05, 3.63) is 120 Å². The van der Waals surface area contributed by atoms with Crippen LogP contribution >= 0.6 is 0 Å². The van der Waals surface area contributed by atoms with E-state index in [0.29, 0.717) is 28.2 Å². The van der Waals surface area contributed by atoms with Crippen LogP contribution in [-0.4, -0.2) is 23.9 Å². The Labute approximate surface area is 256 Å². The van der Waals surface area contributed by atoms with Gasteiger partial charge in [-0.2, -0.15) is 0 Å². The number of rotatable bonds is 11. The van der Waals surface area contributed by atoms with Gasteiger partial charge in [0.1, 0.15) is 23.0 Å². The van der Waals surface area contributed by atoms with E-state index in [4.69, 9.17) is 18.9 Å². The molecule has 0 bridgehead atoms. The molecular weight excluding hydrogens is 560 g/mol. The van der Waals surface area contributed by atoms with E-state index >= 15 is 0 Å². The fourth-order valence-corrected chi connectivity index (χ4v) is 3.49. The summed E-state index contributed by atoms with van der Waals surface area (Å²) in [6, 6.07) is 16.4. The molecule has 0 heterocycles. The van der Waals surface area contributed by atoms with Crippen molar-refractivity contribution in [3.8, 4) is 34.1 Å². The van der Waals surface area contributed by atoms with E-state index in [-0.39, 0.29) is 28.2 Å². The second kappa shape index (κ2) is 14.9. The zero-order valence-corrected chi connectivity index (χ0v) is 25.0. The minimum absolute atomic E-state index is 0.178. The van der Waals surface area contributed by atoms with Gasteiger partial charge in [0, 0.05) is 33.9 Å². The number of carbonyl (C=O) groups excluding carboxylic acids is 4. The molecule has 0 saturated carbocycles. The summed E-state index contributed by atoms with van der Waals surface area (Å²) in [6.07, 6.45) is 6.27. The Morgan fingerprint density at radius 3 is 1.61 bits per heavy atom. The lowest BCUT2D eigenvalue weighted by Gasteiger charge is -2.15. The zero-order valence-electron chi connectivity index (χ0n) is 25.0. The highest BCUT2D eigenvalue weighted by atomic mass is 16.5. The predicted octanol–water partition coefficient (Wildman–Crippen LogP) is 7.45. The molecule has 0 aromatic heterocycles. The minimum atomic E-state index is -0.647. The summed E-state index contributed by atoms with van der Waals surface area (Å²) in [6.45, 7) is 17.1. The van der Waals surface area contributed by atoms with Crippen LogP contribution in [0.25, 0.3) is 23.3 Å². The maximum atomic E-state index is 12.6. The predicted molar refractivity (Wildman–Crippen MR) is 169 cm³/mol. The first kappa shape index (κ1) is 32.8. The van der Waals surface area contributed by atoms with Crippen molar-refractivity contribution < 1.29 is 38.1 Å². The molecule has 0 fully saturated rings. The van der Waals surface area contributed by atoms with Crippen molar-refractivity contribution in [1.82, 2.24) is 0 Å². The van der Waals surface area contributed by atoms with Gasteiger partial charge in [-0.1, -0.05) is 62.2 Å². The average molecular weight is 593 g/mol. The molecule has 0 aliphatic rings. The SMILES string of the molecule is C=C(C)C(=O)Oc1ccc(/C=C/c2cc(OC(=O)C(=C)C)c(-c3ccc(OC(=O)C(=C)C)cc3)cc2OC(=O)/C=C/C)cc1. The number of allylic oxidation sites excluding steroid dienone is 1. The number of benzene rings is 3. The average Bonchev–Trinajstić information content (AvgIpc) is 2.98. The number of ether oxygens (including phenoxy) is 4. The Morgan fingerprint density at radius 1 is 0.614 bits per heavy atom. The monoisotopic (exact) mass is 592 g/mol. The molecule has 0 aliphatic carbocycles. The van der Waals surface area contributed by atoms with Crippen LogP contribution in [0.3, 0.4) is 0 Å². The first-order valence-corrected chi connectivity index (χ1v) is 13.4. The van der Waals surface area contributed by atoms with Gasteiger partial charge < -0.3 is 18.9 Å². The van der Waals surface area contributed by atoms with Crippen molar-refractivity contribution in [2.24, 2.45) is 0 Å². The van der Waals surface area contributed by atoms with Crippen molar-refractivity contribution >= 4 is 36.0 Å². The highest BCUT2D eigenvalue weighted by Gasteiger charge is 2.18. The van der Waals surface area contributed by atoms with Gasteiger partial charge in [0.25, 0.3) is 0 Å². The summed E-state index contributed by atoms with van der Waals surface area (Å²) in [5, 5.41) is 0. The number of esters is 4. The molecule has 0 atom stereocenters. The number of hydrogen-bond acceptors (Lipinski definition) is 8. The third-order valence-corrected chi connectivity index (χ3v) is 5.80. The van der Waals surface area contributed by atoms with E-state index in [9.17, 15) is 19.2 Å². The van der Waals surface area contributed by atoms with Gasteiger partial charge >= 0.3 is 23.9 Å². The van der Waals surface area contributed by atoms with Crippen molar-refractivity contribution in [1.29, 1.82) is 0 Å². The van der Waals surface area contributed by atoms with Crippen molar-refractivity contribution in [3.63, 3.8) is 0 Å². The van der Waals surface area contributed by atoms with Gasteiger partial charge in [-0.3, -0.25) is 0 Å². The lowest BCUT2D eigenvalue weighted by molar-refractivity contribution is -0.131. The van der Waals surface area contributed by atoms with Gasteiger partial charge in [0.15, 0.2) is 0 Å². The van der Waals surface area contributed by atoms with Crippen LogP contribution in [0, 0.1) is 0 Å². The minimum Gasteiger partial charge on any atom is -0.423 e. The molecule has 0 amide bonds. The lowest BCUT2D eigenvalue weighted by Crippen LogP contribution is -2.10. The normalized spacial score (nSPS) is 10.7. The quantitative estimate of drug-likeness (QED) is 0.0979. The van der Waals surface area contributed by atoms with E-state index in [2.05, 4.69) is 19.7 Å². The van der Waals surface area contributed by atoms with Crippen LogP contribution in [-0.2, 0) is 19.2 Å². The van der Waals surface area contributed by atoms with E-state index in [0.717, 1.165) is 5.56 Å². The summed E-state index contributed by atoms with van der Waals surface area (Å²) >= 11 is 0. The Morgan fingerprint density at radius 2 is 1.11 bits per heavy atom. The largest absolute Gasteiger partial charge is 0.423 e. The number of hydrogen-bond donors (Lipinski definition) is 0. The van der Waals surface area contributed by atoms with Crippen LogP contribution in [0.15, 0.2) is 109 Å². The summed E-state index contributed by atoms with van der Waals surface area (Å²) < 4.78 is 21.8. The molecule has 44 heavy (non-hydrogen) atoms. The molecule has 0 aliphatic heterocycles. The molecule has 3 aromatic rings. The van der Waals surface area contributed by atoms with Crippen LogP contribution < -0.4 is 18.9 Å². The molecule has 224 valence electrons. The van der Waals surface area contributed by atoms with Gasteiger partial charge in [-0.15, -0.1) is 0 Å². The molecule has 3 aromatic carbocycles. The van der Waals surface area contributed by atoms with Gasteiger partial charge in [0.2, 0.25) is 0 Å². The van der Waals surface area contributed by atoms with E-state index in [1.807, 2.05) is 0 Å². The third kappa shape index (κ3) is 9.12. The number of carbonyl (C=O) groups is 4. The maximum Gasteiger partial charge on any atom is 0.338 e. The van der Waals surface area contributed by atoms with Crippen molar-refractivity contribution in [2.75, 3.05) is 0 Å². The van der Waals surface area contributed by atoms with Crippen LogP contribution in [0.5, 0.6) is 23.0 Å². The molecular formula is C36H32O8. The maximum absolute atomic E-state index is 12.6. The summed E-state index contributed by atoms with van der Waals surface area (Å²) in [4.78, 5) is 48.8. The van der Waals surface area contributed by atoms with Gasteiger partial charge in [-0.05, 0) is 75.2 Å². The first-order valence-electron chi connectivity index (χ1n) is 13.4. The molecule has 8 nitrogen and oxygen atoms in total. The second-order valence-electron chi connectivity index (χ2n) is 9.74. The third-order valence-electron chi connectivity index (χ3n) is 5.80. The molecule has 8 heteroatoms. The van der Waals surface area contributed by atoms with Crippen LogP contribution in [0.2, 0.25) is 0 Å². The summed E-state index contributed by atoms with van der Waals surface area (Å²) in [7, 11) is 0. The smallest absolute Gasteiger partial charge is 0.338 e. The lowest BCUT2D eigenvalue weighted by atomic mass is 10.0. The van der Waals surface area contributed by atoms with Gasteiger partial charge in [0.05, 0.1) is 0 Å². The Hall–Kier alpha value is -5.76. The Kier molecular flexibility index (Phi) is 11.1. The molecule has 0 radical (unpaired) electrons. The standard InChI is InChI=1S/C36H32O8/c1-8-9-33(37)43-31-21-30(26-14-18-29(19-15-26)42-35(39)23(4)5)32(44-36(40)24(6)7)20-27(31)13-10-25-11-16-28(17-12-25)41-34(38)22(2)3/h8-21H,2,4,6H2,1,3,5,7H3/b9-8+,13-10+.